The number of nitrogens with zero attached hydrogens (tertiary/aromatic N) is 1. The van der Waals surface area contributed by atoms with Crippen molar-refractivity contribution >= 4 is 5.91 Å². The van der Waals surface area contributed by atoms with Gasteiger partial charge in [0, 0.05) is 25.7 Å². The number of rotatable bonds is 4. The van der Waals surface area contributed by atoms with Crippen molar-refractivity contribution in [3.8, 4) is 0 Å². The molecule has 0 atom stereocenters. The van der Waals surface area contributed by atoms with Crippen molar-refractivity contribution in [2.45, 2.75) is 32.4 Å². The minimum absolute atomic E-state index is 0.217. The number of hydrogen-bond donors (Lipinski definition) is 1. The summed E-state index contributed by atoms with van der Waals surface area (Å²) in [5.74, 6) is 0.480. The predicted molar refractivity (Wildman–Crippen MR) is 71.1 cm³/mol. The van der Waals surface area contributed by atoms with Crippen molar-refractivity contribution in [2.24, 2.45) is 5.92 Å². The molecule has 1 N–H and O–H groups in total. The van der Waals surface area contributed by atoms with Gasteiger partial charge in [-0.3, -0.25) is 9.69 Å². The molecule has 0 unspecified atom stereocenters. The van der Waals surface area contributed by atoms with E-state index in [2.05, 4.69) is 41.4 Å². The average molecular weight is 244 g/mol. The Morgan fingerprint density at radius 2 is 2.06 bits per heavy atom. The Balaban J connectivity index is 1.47. The van der Waals surface area contributed by atoms with Crippen molar-refractivity contribution in [3.05, 3.63) is 35.4 Å². The summed E-state index contributed by atoms with van der Waals surface area (Å²) in [7, 11) is 0. The Labute approximate surface area is 108 Å². The van der Waals surface area contributed by atoms with E-state index in [0.29, 0.717) is 6.04 Å². The lowest BCUT2D eigenvalue weighted by atomic mass is 9.97. The normalized spacial score (nSPS) is 20.5. The third-order valence-corrected chi connectivity index (χ3v) is 3.91. The third kappa shape index (κ3) is 2.56. The van der Waals surface area contributed by atoms with Crippen LogP contribution in [0.5, 0.6) is 0 Å². The second kappa shape index (κ2) is 4.73. The SMILES string of the molecule is Cc1ccccc1CN1CC(C(=O)NC2CC2)C1. The van der Waals surface area contributed by atoms with Crippen LogP contribution in [0.3, 0.4) is 0 Å². The van der Waals surface area contributed by atoms with Gasteiger partial charge >= 0.3 is 0 Å². The molecular formula is C15H20N2O. The fraction of sp³-hybridized carbons (Fsp3) is 0.533. The van der Waals surface area contributed by atoms with Gasteiger partial charge in [0.2, 0.25) is 5.91 Å². The number of hydrogen-bond acceptors (Lipinski definition) is 2. The minimum atomic E-state index is 0.217. The molecule has 2 fully saturated rings. The van der Waals surface area contributed by atoms with E-state index in [-0.39, 0.29) is 11.8 Å². The summed E-state index contributed by atoms with van der Waals surface area (Å²) in [6.45, 7) is 4.94. The van der Waals surface area contributed by atoms with E-state index >= 15 is 0 Å². The molecule has 2 aliphatic rings. The lowest BCUT2D eigenvalue weighted by molar-refractivity contribution is -0.130. The Morgan fingerprint density at radius 3 is 2.72 bits per heavy atom. The Bertz CT molecular complexity index is 448. The van der Waals surface area contributed by atoms with Crippen molar-refractivity contribution in [1.82, 2.24) is 10.2 Å². The molecule has 1 aromatic rings. The first kappa shape index (κ1) is 11.7. The molecule has 1 saturated carbocycles. The second-order valence-electron chi connectivity index (χ2n) is 5.60. The largest absolute Gasteiger partial charge is 0.353 e. The van der Waals surface area contributed by atoms with Crippen molar-refractivity contribution in [3.63, 3.8) is 0 Å². The monoisotopic (exact) mass is 244 g/mol. The van der Waals surface area contributed by atoms with Crippen molar-refractivity contribution in [1.29, 1.82) is 0 Å². The molecule has 1 saturated heterocycles. The maximum atomic E-state index is 11.8. The number of benzene rings is 1. The first-order chi connectivity index (χ1) is 8.72. The molecule has 0 bridgehead atoms. The molecule has 0 aromatic heterocycles. The van der Waals surface area contributed by atoms with Crippen LogP contribution in [0.25, 0.3) is 0 Å². The van der Waals surface area contributed by atoms with Gasteiger partial charge in [0.1, 0.15) is 0 Å². The third-order valence-electron chi connectivity index (χ3n) is 3.91. The van der Waals surface area contributed by atoms with Gasteiger partial charge < -0.3 is 5.32 Å². The minimum Gasteiger partial charge on any atom is -0.353 e. The van der Waals surface area contributed by atoms with Crippen molar-refractivity contribution in [2.75, 3.05) is 13.1 Å². The molecule has 1 amide bonds. The summed E-state index contributed by atoms with van der Waals surface area (Å²) in [4.78, 5) is 14.1. The zero-order valence-corrected chi connectivity index (χ0v) is 10.9. The molecule has 1 heterocycles. The highest BCUT2D eigenvalue weighted by Crippen LogP contribution is 2.23. The highest BCUT2D eigenvalue weighted by Gasteiger charge is 2.35. The first-order valence-corrected chi connectivity index (χ1v) is 6.79. The van der Waals surface area contributed by atoms with Crippen LogP contribution < -0.4 is 5.32 Å². The topological polar surface area (TPSA) is 32.3 Å². The molecule has 3 rings (SSSR count). The van der Waals surface area contributed by atoms with E-state index in [1.807, 2.05) is 0 Å². The van der Waals surface area contributed by atoms with Crippen LogP contribution in [0.4, 0.5) is 0 Å². The molecule has 0 spiro atoms. The summed E-state index contributed by atoms with van der Waals surface area (Å²) < 4.78 is 0. The zero-order chi connectivity index (χ0) is 12.5. The average Bonchev–Trinajstić information content (AvgIpc) is 3.08. The van der Waals surface area contributed by atoms with Gasteiger partial charge in [-0.05, 0) is 30.9 Å². The maximum absolute atomic E-state index is 11.8. The number of carbonyl (C=O) groups excluding carboxylic acids is 1. The number of aryl methyl sites for hydroxylation is 1. The molecular weight excluding hydrogens is 224 g/mol. The number of likely N-dealkylation sites (tertiary alicyclic amines) is 1. The quantitative estimate of drug-likeness (QED) is 0.874. The molecule has 1 aliphatic carbocycles. The van der Waals surface area contributed by atoms with Crippen LogP contribution in [0, 0.1) is 12.8 Å². The van der Waals surface area contributed by atoms with Gasteiger partial charge in [-0.15, -0.1) is 0 Å². The van der Waals surface area contributed by atoms with Crippen LogP contribution in [-0.2, 0) is 11.3 Å². The van der Waals surface area contributed by atoms with Gasteiger partial charge in [0.05, 0.1) is 5.92 Å². The first-order valence-electron chi connectivity index (χ1n) is 6.79. The number of carbonyl (C=O) groups is 1. The standard InChI is InChI=1S/C15H20N2O/c1-11-4-2-3-5-12(11)8-17-9-13(10-17)15(18)16-14-6-7-14/h2-5,13-14H,6-10H2,1H3,(H,16,18). The van der Waals surface area contributed by atoms with E-state index in [9.17, 15) is 4.79 Å². The summed E-state index contributed by atoms with van der Waals surface area (Å²) in [5, 5.41) is 3.09. The van der Waals surface area contributed by atoms with Crippen LogP contribution in [0.1, 0.15) is 24.0 Å². The van der Waals surface area contributed by atoms with Crippen LogP contribution >= 0.6 is 0 Å². The summed E-state index contributed by atoms with van der Waals surface area (Å²) in [6, 6.07) is 8.96. The number of amides is 1. The molecule has 1 aromatic carbocycles. The van der Waals surface area contributed by atoms with E-state index in [1.165, 1.54) is 24.0 Å². The van der Waals surface area contributed by atoms with Gasteiger partial charge in [-0.25, -0.2) is 0 Å². The van der Waals surface area contributed by atoms with E-state index in [1.54, 1.807) is 0 Å². The molecule has 3 heteroatoms. The van der Waals surface area contributed by atoms with Gasteiger partial charge in [-0.1, -0.05) is 24.3 Å². The molecule has 0 radical (unpaired) electrons. The molecule has 96 valence electrons. The smallest absolute Gasteiger partial charge is 0.225 e. The maximum Gasteiger partial charge on any atom is 0.225 e. The molecule has 1 aliphatic heterocycles. The fourth-order valence-electron chi connectivity index (χ4n) is 2.44. The van der Waals surface area contributed by atoms with Crippen molar-refractivity contribution < 1.29 is 4.79 Å². The molecule has 18 heavy (non-hydrogen) atoms. The summed E-state index contributed by atoms with van der Waals surface area (Å²) >= 11 is 0. The lowest BCUT2D eigenvalue weighted by Crippen LogP contribution is -2.53. The highest BCUT2D eigenvalue weighted by atomic mass is 16.2. The zero-order valence-electron chi connectivity index (χ0n) is 10.9. The lowest BCUT2D eigenvalue weighted by Gasteiger charge is -2.38. The summed E-state index contributed by atoms with van der Waals surface area (Å²) in [6.07, 6.45) is 2.34. The van der Waals surface area contributed by atoms with Gasteiger partial charge in [0.25, 0.3) is 0 Å². The van der Waals surface area contributed by atoms with E-state index in [0.717, 1.165) is 19.6 Å². The fourth-order valence-corrected chi connectivity index (χ4v) is 2.44. The van der Waals surface area contributed by atoms with Gasteiger partial charge in [0.15, 0.2) is 0 Å². The molecule has 3 nitrogen and oxygen atoms in total. The number of nitrogens with one attached hydrogen (secondary N) is 1. The van der Waals surface area contributed by atoms with Crippen LogP contribution in [-0.4, -0.2) is 29.9 Å². The predicted octanol–water partition coefficient (Wildman–Crippen LogP) is 1.71. The Kier molecular flexibility index (Phi) is 3.08. The van der Waals surface area contributed by atoms with Crippen LogP contribution in [0.2, 0.25) is 0 Å². The second-order valence-corrected chi connectivity index (χ2v) is 5.60. The summed E-state index contributed by atoms with van der Waals surface area (Å²) in [5.41, 5.74) is 2.71. The van der Waals surface area contributed by atoms with Crippen LogP contribution in [0.15, 0.2) is 24.3 Å². The van der Waals surface area contributed by atoms with E-state index in [4.69, 9.17) is 0 Å². The Hall–Kier alpha value is -1.35. The van der Waals surface area contributed by atoms with E-state index < -0.39 is 0 Å². The Morgan fingerprint density at radius 1 is 1.33 bits per heavy atom. The highest BCUT2D eigenvalue weighted by molar-refractivity contribution is 5.80. The van der Waals surface area contributed by atoms with Gasteiger partial charge in [-0.2, -0.15) is 0 Å².